The molecule has 2 atom stereocenters. The van der Waals surface area contributed by atoms with Crippen LogP contribution in [0.15, 0.2) is 23.1 Å². The number of fused-ring (bicyclic) bond motifs is 1. The van der Waals surface area contributed by atoms with Gasteiger partial charge in [0.2, 0.25) is 0 Å². The monoisotopic (exact) mass is 264 g/mol. The van der Waals surface area contributed by atoms with Gasteiger partial charge in [0.05, 0.1) is 28.3 Å². The first-order chi connectivity index (χ1) is 8.41. The molecule has 0 amide bonds. The Hall–Kier alpha value is -1.54. The molecule has 1 aromatic rings. The van der Waals surface area contributed by atoms with Crippen molar-refractivity contribution in [2.24, 2.45) is 0 Å². The highest BCUT2D eigenvalue weighted by Gasteiger charge is 2.41. The van der Waals surface area contributed by atoms with Crippen molar-refractivity contribution in [2.75, 3.05) is 11.9 Å². The van der Waals surface area contributed by atoms with Crippen LogP contribution in [-0.4, -0.2) is 26.8 Å². The number of nitriles is 1. The van der Waals surface area contributed by atoms with Crippen molar-refractivity contribution >= 4 is 15.5 Å². The molecule has 1 aliphatic heterocycles. The van der Waals surface area contributed by atoms with Crippen LogP contribution in [0, 0.1) is 18.3 Å². The highest BCUT2D eigenvalue weighted by molar-refractivity contribution is 7.92. The Morgan fingerprint density at radius 2 is 2.11 bits per heavy atom. The molecule has 4 nitrogen and oxygen atoms in total. The van der Waals surface area contributed by atoms with E-state index in [-0.39, 0.29) is 12.5 Å². The number of rotatable bonds is 1. The molecule has 1 heterocycles. The summed E-state index contributed by atoms with van der Waals surface area (Å²) in [5.41, 5.74) is 1.71. The quantitative estimate of drug-likeness (QED) is 0.777. The molecular weight excluding hydrogens is 248 g/mol. The summed E-state index contributed by atoms with van der Waals surface area (Å²) >= 11 is 0. The minimum absolute atomic E-state index is 0.0290. The van der Waals surface area contributed by atoms with Gasteiger partial charge in [-0.2, -0.15) is 5.26 Å². The summed E-state index contributed by atoms with van der Waals surface area (Å²) in [5, 5.41) is 8.17. The summed E-state index contributed by atoms with van der Waals surface area (Å²) in [7, 11) is -1.53. The maximum absolute atomic E-state index is 12.5. The largest absolute Gasteiger partial charge is 0.369 e. The first-order valence-corrected chi connectivity index (χ1v) is 7.39. The van der Waals surface area contributed by atoms with Crippen LogP contribution in [0.5, 0.6) is 0 Å². The topological polar surface area (TPSA) is 61.2 Å². The van der Waals surface area contributed by atoms with E-state index in [0.29, 0.717) is 4.90 Å². The minimum atomic E-state index is -3.41. The van der Waals surface area contributed by atoms with Gasteiger partial charge in [0.1, 0.15) is 0 Å². The first kappa shape index (κ1) is 12.9. The van der Waals surface area contributed by atoms with Gasteiger partial charge < -0.3 is 4.90 Å². The molecule has 1 aromatic carbocycles. The Morgan fingerprint density at radius 3 is 2.72 bits per heavy atom. The smallest absolute Gasteiger partial charge is 0.186 e. The van der Waals surface area contributed by atoms with Gasteiger partial charge in [0, 0.05) is 13.1 Å². The van der Waals surface area contributed by atoms with E-state index in [0.717, 1.165) is 11.3 Å². The number of sulfone groups is 1. The molecule has 18 heavy (non-hydrogen) atoms. The summed E-state index contributed by atoms with van der Waals surface area (Å²) < 4.78 is 25.0. The van der Waals surface area contributed by atoms with Gasteiger partial charge in [-0.1, -0.05) is 12.1 Å². The van der Waals surface area contributed by atoms with E-state index in [1.165, 1.54) is 0 Å². The molecule has 0 bridgehead atoms. The Kier molecular flexibility index (Phi) is 3.07. The van der Waals surface area contributed by atoms with Gasteiger partial charge in [0.15, 0.2) is 9.84 Å². The van der Waals surface area contributed by atoms with Crippen molar-refractivity contribution in [1.82, 2.24) is 0 Å². The summed E-state index contributed by atoms with van der Waals surface area (Å²) in [6.45, 7) is 3.76. The van der Waals surface area contributed by atoms with Gasteiger partial charge in [-0.3, -0.25) is 0 Å². The van der Waals surface area contributed by atoms with E-state index in [1.54, 1.807) is 12.1 Å². The van der Waals surface area contributed by atoms with Crippen molar-refractivity contribution in [3.05, 3.63) is 23.8 Å². The summed E-state index contributed by atoms with van der Waals surface area (Å²) in [5.74, 6) is 0. The van der Waals surface area contributed by atoms with Gasteiger partial charge in [-0.15, -0.1) is 0 Å². The van der Waals surface area contributed by atoms with Crippen molar-refractivity contribution in [3.63, 3.8) is 0 Å². The third kappa shape index (κ3) is 1.68. The SMILES string of the molecule is Cc1cccc2c1N(C)C(C)C(CC#N)S2(=O)=O. The third-order valence-electron chi connectivity index (χ3n) is 3.70. The van der Waals surface area contributed by atoms with E-state index in [9.17, 15) is 8.42 Å². The van der Waals surface area contributed by atoms with Crippen LogP contribution in [-0.2, 0) is 9.84 Å². The molecule has 2 rings (SSSR count). The zero-order valence-electron chi connectivity index (χ0n) is 10.7. The summed E-state index contributed by atoms with van der Waals surface area (Å²) in [4.78, 5) is 2.32. The van der Waals surface area contributed by atoms with Crippen molar-refractivity contribution in [2.45, 2.75) is 36.5 Å². The van der Waals surface area contributed by atoms with Gasteiger partial charge in [0.25, 0.3) is 0 Å². The number of anilines is 1. The Bertz CT molecular complexity index is 616. The predicted molar refractivity (Wildman–Crippen MR) is 70.2 cm³/mol. The second kappa shape index (κ2) is 4.29. The lowest BCUT2D eigenvalue weighted by molar-refractivity contribution is 0.538. The molecule has 0 fully saturated rings. The molecular formula is C13H16N2O2S. The lowest BCUT2D eigenvalue weighted by atomic mass is 10.1. The zero-order valence-corrected chi connectivity index (χ0v) is 11.5. The maximum Gasteiger partial charge on any atom is 0.186 e. The van der Waals surface area contributed by atoms with Crippen molar-refractivity contribution in [3.8, 4) is 6.07 Å². The normalized spacial score (nSPS) is 25.3. The van der Waals surface area contributed by atoms with Crippen LogP contribution in [0.3, 0.4) is 0 Å². The Morgan fingerprint density at radius 1 is 1.44 bits per heavy atom. The molecule has 96 valence electrons. The number of hydrogen-bond acceptors (Lipinski definition) is 4. The van der Waals surface area contributed by atoms with Crippen LogP contribution in [0.1, 0.15) is 18.9 Å². The minimum Gasteiger partial charge on any atom is -0.369 e. The maximum atomic E-state index is 12.5. The fourth-order valence-electron chi connectivity index (χ4n) is 2.56. The molecule has 5 heteroatoms. The molecule has 0 saturated carbocycles. The average molecular weight is 264 g/mol. The van der Waals surface area contributed by atoms with Gasteiger partial charge in [-0.25, -0.2) is 8.42 Å². The molecule has 1 aliphatic rings. The van der Waals surface area contributed by atoms with Crippen LogP contribution >= 0.6 is 0 Å². The number of hydrogen-bond donors (Lipinski definition) is 0. The fourth-order valence-corrected chi connectivity index (χ4v) is 4.72. The molecule has 0 spiro atoms. The van der Waals surface area contributed by atoms with Crippen LogP contribution in [0.4, 0.5) is 5.69 Å². The van der Waals surface area contributed by atoms with E-state index in [4.69, 9.17) is 5.26 Å². The van der Waals surface area contributed by atoms with Crippen LogP contribution < -0.4 is 4.90 Å². The van der Waals surface area contributed by atoms with Crippen LogP contribution in [0.25, 0.3) is 0 Å². The third-order valence-corrected chi connectivity index (χ3v) is 6.00. The zero-order chi connectivity index (χ0) is 13.5. The lowest BCUT2D eigenvalue weighted by Crippen LogP contribution is -2.48. The average Bonchev–Trinajstić information content (AvgIpc) is 2.32. The number of para-hydroxylation sites is 1. The first-order valence-electron chi connectivity index (χ1n) is 5.84. The van der Waals surface area contributed by atoms with E-state index >= 15 is 0 Å². The second-order valence-corrected chi connectivity index (χ2v) is 6.85. The molecule has 0 aliphatic carbocycles. The van der Waals surface area contributed by atoms with E-state index < -0.39 is 15.1 Å². The number of nitrogens with zero attached hydrogens (tertiary/aromatic N) is 2. The molecule has 0 aromatic heterocycles. The highest BCUT2D eigenvalue weighted by Crippen LogP contribution is 2.39. The molecule has 0 saturated heterocycles. The fraction of sp³-hybridized carbons (Fsp3) is 0.462. The van der Waals surface area contributed by atoms with Gasteiger partial charge in [-0.05, 0) is 25.5 Å². The van der Waals surface area contributed by atoms with E-state index in [2.05, 4.69) is 0 Å². The number of aryl methyl sites for hydroxylation is 1. The second-order valence-electron chi connectivity index (χ2n) is 4.72. The molecule has 0 N–H and O–H groups in total. The lowest BCUT2D eigenvalue weighted by Gasteiger charge is -2.39. The number of benzene rings is 1. The summed E-state index contributed by atoms with van der Waals surface area (Å²) in [6.07, 6.45) is 0.0290. The van der Waals surface area contributed by atoms with E-state index in [1.807, 2.05) is 37.9 Å². The Balaban J connectivity index is 2.71. The Labute approximate surface area is 108 Å². The van der Waals surface area contributed by atoms with Crippen molar-refractivity contribution < 1.29 is 8.42 Å². The van der Waals surface area contributed by atoms with Crippen LogP contribution in [0.2, 0.25) is 0 Å². The van der Waals surface area contributed by atoms with Crippen molar-refractivity contribution in [1.29, 1.82) is 5.26 Å². The predicted octanol–water partition coefficient (Wildman–Crippen LogP) is 1.89. The molecule has 0 radical (unpaired) electrons. The standard InChI is InChI=1S/C13H16N2O2S/c1-9-5-4-6-12-13(9)15(3)10(2)11(7-8-14)18(12,16)17/h4-6,10-11H,7H2,1-3H3. The molecule has 2 unspecified atom stereocenters. The highest BCUT2D eigenvalue weighted by atomic mass is 32.2. The summed E-state index contributed by atoms with van der Waals surface area (Å²) in [6, 6.07) is 7.08. The van der Waals surface area contributed by atoms with Gasteiger partial charge >= 0.3 is 0 Å².